The zero-order chi connectivity index (χ0) is 7.56. The monoisotopic (exact) mass is 202 g/mol. The van der Waals surface area contributed by atoms with Gasteiger partial charge in [0, 0.05) is 0 Å². The van der Waals surface area contributed by atoms with E-state index in [0.29, 0.717) is 0 Å². The van der Waals surface area contributed by atoms with Crippen molar-refractivity contribution in [3.63, 3.8) is 0 Å². The third-order valence-corrected chi connectivity index (χ3v) is 1.22. The molecular weight excluding hydrogens is 195 g/mol. The van der Waals surface area contributed by atoms with Crippen molar-refractivity contribution in [3.8, 4) is 11.1 Å². The van der Waals surface area contributed by atoms with Gasteiger partial charge < -0.3 is 0 Å². The molecule has 0 bridgehead atoms. The Morgan fingerprint density at radius 2 is 1.20 bits per heavy atom. The summed E-state index contributed by atoms with van der Waals surface area (Å²) in [5, 5.41) is 0. The molecule has 2 N–H and O–H groups in total. The second-order valence-electron chi connectivity index (χ2n) is 1.86. The molecule has 4 heteroatoms. The van der Waals surface area contributed by atoms with Crippen molar-refractivity contribution in [2.24, 2.45) is 0 Å². The van der Waals surface area contributed by atoms with Crippen molar-refractivity contribution in [2.75, 3.05) is 0 Å². The minimum atomic E-state index is -3.58. The Labute approximate surface area is 63.1 Å². The van der Waals surface area contributed by atoms with E-state index in [9.17, 15) is 0 Å². The predicted octanol–water partition coefficient (Wildman–Crippen LogP) is -0.214. The standard InChI is InChI=1S/C6H4.AsH3O3/c1-2-6-4-3-5(1)6;2-1(3)4/h1-4H;1H,(H2,2,3,4). The van der Waals surface area contributed by atoms with Crippen LogP contribution in [0.3, 0.4) is 0 Å². The van der Waals surface area contributed by atoms with E-state index in [0.717, 1.165) is 0 Å². The van der Waals surface area contributed by atoms with Gasteiger partial charge in [0.2, 0.25) is 0 Å². The van der Waals surface area contributed by atoms with Gasteiger partial charge in [0.25, 0.3) is 0 Å². The molecule has 2 aliphatic rings. The predicted molar refractivity (Wildman–Crippen MR) is 37.7 cm³/mol. The topological polar surface area (TPSA) is 57.5 Å². The molecule has 0 aromatic carbocycles. The van der Waals surface area contributed by atoms with E-state index < -0.39 is 15.3 Å². The van der Waals surface area contributed by atoms with Gasteiger partial charge in [-0.1, -0.05) is 24.3 Å². The number of hydrogen-bond donors (Lipinski definition) is 2. The van der Waals surface area contributed by atoms with Crippen LogP contribution in [0.1, 0.15) is 0 Å². The molecule has 0 spiro atoms. The van der Waals surface area contributed by atoms with Crippen LogP contribution < -0.4 is 0 Å². The smallest absolute Gasteiger partial charge is 0.0184 e. The van der Waals surface area contributed by atoms with Crippen LogP contribution >= 0.6 is 0 Å². The summed E-state index contributed by atoms with van der Waals surface area (Å²) in [5.74, 6) is 0. The molecule has 0 unspecified atom stereocenters. The van der Waals surface area contributed by atoms with E-state index in [-0.39, 0.29) is 0 Å². The van der Waals surface area contributed by atoms with Gasteiger partial charge in [0.05, 0.1) is 0 Å². The number of benzene rings is 1. The van der Waals surface area contributed by atoms with Gasteiger partial charge in [-0.15, -0.1) is 0 Å². The van der Waals surface area contributed by atoms with Gasteiger partial charge in [-0.2, -0.15) is 0 Å². The number of rotatable bonds is 0. The van der Waals surface area contributed by atoms with Crippen molar-refractivity contribution < 1.29 is 11.9 Å². The zero-order valence-corrected chi connectivity index (χ0v) is 7.21. The van der Waals surface area contributed by atoms with Crippen molar-refractivity contribution in [1.29, 1.82) is 0 Å². The maximum absolute atomic E-state index is 8.81. The van der Waals surface area contributed by atoms with Crippen molar-refractivity contribution in [3.05, 3.63) is 24.3 Å². The quantitative estimate of drug-likeness (QED) is 0.581. The van der Waals surface area contributed by atoms with Gasteiger partial charge in [-0.05, 0) is 11.1 Å². The molecular formula is C6H7AsO3. The van der Waals surface area contributed by atoms with Gasteiger partial charge in [0.15, 0.2) is 0 Å². The average Bonchev–Trinajstić information content (AvgIpc) is 1.77. The summed E-state index contributed by atoms with van der Waals surface area (Å²) in [6.45, 7) is 0. The summed E-state index contributed by atoms with van der Waals surface area (Å²) in [5.41, 5.74) is 2.85. The van der Waals surface area contributed by atoms with Gasteiger partial charge in [0.1, 0.15) is 0 Å². The second kappa shape index (κ2) is 3.06. The summed E-state index contributed by atoms with van der Waals surface area (Å²) < 4.78 is 23.2. The first-order chi connectivity index (χ1) is 4.70. The van der Waals surface area contributed by atoms with Crippen LogP contribution in [0, 0.1) is 0 Å². The maximum atomic E-state index is 8.81. The molecule has 2 aliphatic carbocycles. The van der Waals surface area contributed by atoms with E-state index in [1.165, 1.54) is 11.1 Å². The fraction of sp³-hybridized carbons (Fsp3) is 0. The van der Waals surface area contributed by atoms with Crippen LogP contribution in [0.2, 0.25) is 0 Å². The number of hydrogen-bond acceptors (Lipinski definition) is 1. The Morgan fingerprint density at radius 3 is 1.20 bits per heavy atom. The molecule has 0 fully saturated rings. The Hall–Kier alpha value is -0.502. The average molecular weight is 202 g/mol. The summed E-state index contributed by atoms with van der Waals surface area (Å²) in [6, 6.07) is 8.48. The SMILES string of the molecule is O=[AsH](O)O.c1cc2ccc1-2. The molecule has 3 nitrogen and oxygen atoms in total. The van der Waals surface area contributed by atoms with Crippen LogP contribution in [0.25, 0.3) is 11.1 Å². The molecule has 0 aliphatic heterocycles. The molecule has 0 saturated carbocycles. The van der Waals surface area contributed by atoms with Gasteiger partial charge in [-0.3, -0.25) is 0 Å². The largest absolute Gasteiger partial charge is 0.0538 e. The summed E-state index contributed by atoms with van der Waals surface area (Å²) in [4.78, 5) is 0. The first-order valence-corrected chi connectivity index (χ1v) is 5.46. The molecule has 54 valence electrons. The molecule has 0 heterocycles. The molecule has 10 heavy (non-hydrogen) atoms. The first-order valence-electron chi connectivity index (χ1n) is 2.72. The van der Waals surface area contributed by atoms with Gasteiger partial charge in [-0.25, -0.2) is 0 Å². The van der Waals surface area contributed by atoms with Crippen molar-refractivity contribution in [1.82, 2.24) is 0 Å². The Bertz CT molecular complexity index is 217. The Balaban J connectivity index is 0.000000112. The van der Waals surface area contributed by atoms with E-state index in [1.807, 2.05) is 0 Å². The summed E-state index contributed by atoms with van der Waals surface area (Å²) in [6.07, 6.45) is 0. The fourth-order valence-corrected chi connectivity index (χ4v) is 0.663. The number of fused-ring (bicyclic) bond motifs is 1. The van der Waals surface area contributed by atoms with Crippen molar-refractivity contribution in [2.45, 2.75) is 0 Å². The fourth-order valence-electron chi connectivity index (χ4n) is 0.663. The van der Waals surface area contributed by atoms with Crippen LogP contribution in [-0.4, -0.2) is 23.5 Å². The molecule has 2 rings (SSSR count). The molecule has 0 amide bonds. The Morgan fingerprint density at radius 1 is 1.00 bits per heavy atom. The van der Waals surface area contributed by atoms with E-state index in [4.69, 9.17) is 11.9 Å². The van der Waals surface area contributed by atoms with E-state index in [1.54, 1.807) is 0 Å². The summed E-state index contributed by atoms with van der Waals surface area (Å²) in [7, 11) is 0. The maximum Gasteiger partial charge on any atom is -0.0184 e. The van der Waals surface area contributed by atoms with Crippen LogP contribution in [-0.2, 0) is 3.74 Å². The normalized spacial score (nSPS) is 10.3. The van der Waals surface area contributed by atoms with Crippen molar-refractivity contribution >= 4 is 15.3 Å². The van der Waals surface area contributed by atoms with E-state index in [2.05, 4.69) is 24.3 Å². The molecule has 0 aromatic heterocycles. The summed E-state index contributed by atoms with van der Waals surface area (Å²) >= 11 is -3.58. The second-order valence-corrected chi connectivity index (χ2v) is 3.05. The van der Waals surface area contributed by atoms with Crippen LogP contribution in [0.5, 0.6) is 0 Å². The minimum absolute atomic E-state index is 1.43. The third kappa shape index (κ3) is 1.74. The Kier molecular flexibility index (Phi) is 2.33. The zero-order valence-electron chi connectivity index (χ0n) is 5.11. The molecule has 0 aromatic rings. The van der Waals surface area contributed by atoms with Gasteiger partial charge >= 0.3 is 27.2 Å². The molecule has 0 radical (unpaired) electrons. The molecule has 0 saturated heterocycles. The third-order valence-electron chi connectivity index (χ3n) is 1.22. The first kappa shape index (κ1) is 7.60. The van der Waals surface area contributed by atoms with E-state index >= 15 is 0 Å². The molecule has 0 atom stereocenters. The van der Waals surface area contributed by atoms with Crippen LogP contribution in [0.15, 0.2) is 24.3 Å². The van der Waals surface area contributed by atoms with Crippen LogP contribution in [0.4, 0.5) is 0 Å². The minimum Gasteiger partial charge on any atom is -0.0538 e.